The number of nitrogens with one attached hydrogen (secondary N) is 1. The van der Waals surface area contributed by atoms with Crippen LogP contribution in [0.2, 0.25) is 0 Å². The van der Waals surface area contributed by atoms with Gasteiger partial charge in [-0.05, 0) is 36.1 Å². The summed E-state index contributed by atoms with van der Waals surface area (Å²) < 4.78 is 0. The smallest absolute Gasteiger partial charge is 0.255 e. The van der Waals surface area contributed by atoms with Gasteiger partial charge in [0, 0.05) is 38.2 Å². The van der Waals surface area contributed by atoms with Crippen LogP contribution in [0.3, 0.4) is 0 Å². The van der Waals surface area contributed by atoms with E-state index in [-0.39, 0.29) is 24.1 Å². The molecule has 0 bridgehead atoms. The summed E-state index contributed by atoms with van der Waals surface area (Å²) in [5.41, 5.74) is 8.46. The van der Waals surface area contributed by atoms with Crippen molar-refractivity contribution in [3.63, 3.8) is 0 Å². The van der Waals surface area contributed by atoms with Gasteiger partial charge in [0.1, 0.15) is 6.04 Å². The number of fused-ring (bicyclic) bond motifs is 1. The van der Waals surface area contributed by atoms with Gasteiger partial charge >= 0.3 is 0 Å². The van der Waals surface area contributed by atoms with E-state index < -0.39 is 6.04 Å². The van der Waals surface area contributed by atoms with E-state index in [2.05, 4.69) is 16.3 Å². The molecule has 3 heterocycles. The van der Waals surface area contributed by atoms with E-state index in [4.69, 9.17) is 5.73 Å². The quantitative estimate of drug-likeness (QED) is 0.741. The van der Waals surface area contributed by atoms with Crippen LogP contribution >= 0.6 is 0 Å². The molecular weight excluding hydrogens is 320 g/mol. The van der Waals surface area contributed by atoms with Crippen molar-refractivity contribution in [1.82, 2.24) is 15.1 Å². The zero-order valence-electron chi connectivity index (χ0n) is 14.0. The molecule has 2 fully saturated rings. The Morgan fingerprint density at radius 2 is 2.00 bits per heavy atom. The van der Waals surface area contributed by atoms with Crippen LogP contribution in [0.5, 0.6) is 0 Å². The van der Waals surface area contributed by atoms with Crippen molar-refractivity contribution in [2.45, 2.75) is 32.0 Å². The van der Waals surface area contributed by atoms with Crippen molar-refractivity contribution >= 4 is 17.7 Å². The highest BCUT2D eigenvalue weighted by Gasteiger charge is 2.39. The van der Waals surface area contributed by atoms with Gasteiger partial charge in [-0.15, -0.1) is 0 Å². The van der Waals surface area contributed by atoms with Gasteiger partial charge in [0.25, 0.3) is 5.91 Å². The molecule has 0 saturated carbocycles. The van der Waals surface area contributed by atoms with Gasteiger partial charge in [-0.2, -0.15) is 0 Å². The molecule has 4 rings (SSSR count). The summed E-state index contributed by atoms with van der Waals surface area (Å²) in [5, 5.41) is 2.33. The molecule has 1 aromatic carbocycles. The molecule has 1 atom stereocenters. The Morgan fingerprint density at radius 3 is 2.72 bits per heavy atom. The van der Waals surface area contributed by atoms with Crippen LogP contribution in [0.4, 0.5) is 0 Å². The first kappa shape index (κ1) is 16.2. The Hall–Kier alpha value is -2.25. The number of benzene rings is 1. The predicted octanol–water partition coefficient (Wildman–Crippen LogP) is -0.162. The first-order valence-corrected chi connectivity index (χ1v) is 8.74. The van der Waals surface area contributed by atoms with Crippen molar-refractivity contribution in [1.29, 1.82) is 0 Å². The fraction of sp³-hybridized carbons (Fsp3) is 0.500. The number of hydrogen-bond acceptors (Lipinski definition) is 5. The highest BCUT2D eigenvalue weighted by molar-refractivity contribution is 6.05. The normalized spacial score (nSPS) is 24.3. The van der Waals surface area contributed by atoms with Crippen molar-refractivity contribution in [3.8, 4) is 0 Å². The Bertz CT molecular complexity index is 742. The fourth-order valence-electron chi connectivity index (χ4n) is 3.94. The van der Waals surface area contributed by atoms with Gasteiger partial charge in [-0.3, -0.25) is 24.6 Å². The third kappa shape index (κ3) is 2.94. The molecule has 3 amide bonds. The summed E-state index contributed by atoms with van der Waals surface area (Å²) in [5.74, 6) is -0.161. The largest absolute Gasteiger partial charge is 0.330 e. The predicted molar refractivity (Wildman–Crippen MR) is 90.3 cm³/mol. The van der Waals surface area contributed by atoms with Crippen molar-refractivity contribution < 1.29 is 14.4 Å². The summed E-state index contributed by atoms with van der Waals surface area (Å²) in [4.78, 5) is 39.9. The molecule has 0 aliphatic carbocycles. The fourth-order valence-corrected chi connectivity index (χ4v) is 3.94. The third-order valence-corrected chi connectivity index (χ3v) is 5.36. The van der Waals surface area contributed by atoms with E-state index >= 15 is 0 Å². The Morgan fingerprint density at radius 1 is 1.20 bits per heavy atom. The second-order valence-electron chi connectivity index (χ2n) is 7.19. The second kappa shape index (κ2) is 6.24. The van der Waals surface area contributed by atoms with Crippen LogP contribution < -0.4 is 11.1 Å². The third-order valence-electron chi connectivity index (χ3n) is 5.36. The van der Waals surface area contributed by atoms with Gasteiger partial charge in [0.15, 0.2) is 0 Å². The Balaban J connectivity index is 1.46. The monoisotopic (exact) mass is 342 g/mol. The molecule has 0 aromatic heterocycles. The number of hydrogen-bond donors (Lipinski definition) is 2. The van der Waals surface area contributed by atoms with Gasteiger partial charge in [-0.25, -0.2) is 0 Å². The van der Waals surface area contributed by atoms with E-state index in [1.165, 1.54) is 5.56 Å². The van der Waals surface area contributed by atoms with Crippen molar-refractivity contribution in [2.75, 3.05) is 19.6 Å². The minimum atomic E-state index is -0.554. The van der Waals surface area contributed by atoms with Gasteiger partial charge in [-0.1, -0.05) is 12.1 Å². The number of rotatable bonds is 4. The molecule has 7 heteroatoms. The van der Waals surface area contributed by atoms with Crippen LogP contribution in [-0.2, 0) is 22.7 Å². The van der Waals surface area contributed by atoms with Crippen LogP contribution in [0.15, 0.2) is 18.2 Å². The lowest BCUT2D eigenvalue weighted by Gasteiger charge is -2.38. The first-order chi connectivity index (χ1) is 12.0. The van der Waals surface area contributed by atoms with E-state index in [1.54, 1.807) is 4.90 Å². The second-order valence-corrected chi connectivity index (χ2v) is 7.19. The topological polar surface area (TPSA) is 95.7 Å². The van der Waals surface area contributed by atoms with E-state index in [9.17, 15) is 14.4 Å². The van der Waals surface area contributed by atoms with Gasteiger partial charge < -0.3 is 10.6 Å². The Kier molecular flexibility index (Phi) is 4.05. The average molecular weight is 342 g/mol. The molecule has 3 aliphatic heterocycles. The molecule has 0 radical (unpaired) electrons. The summed E-state index contributed by atoms with van der Waals surface area (Å²) >= 11 is 0. The van der Waals surface area contributed by atoms with Gasteiger partial charge in [0.05, 0.1) is 0 Å². The molecule has 3 N–H and O–H groups in total. The zero-order chi connectivity index (χ0) is 17.6. The van der Waals surface area contributed by atoms with Crippen LogP contribution in [0.1, 0.15) is 34.3 Å². The number of imide groups is 1. The highest BCUT2D eigenvalue weighted by Crippen LogP contribution is 2.29. The number of amides is 3. The lowest BCUT2D eigenvalue weighted by Crippen LogP contribution is -2.52. The summed E-state index contributed by atoms with van der Waals surface area (Å²) in [6.07, 6.45) is 0.671. The molecule has 3 aliphatic rings. The van der Waals surface area contributed by atoms with Crippen LogP contribution in [-0.4, -0.2) is 53.2 Å². The Labute approximate surface area is 146 Å². The molecule has 1 aromatic rings. The number of likely N-dealkylation sites (tertiary alicyclic amines) is 1. The molecule has 25 heavy (non-hydrogen) atoms. The van der Waals surface area contributed by atoms with Crippen LogP contribution in [0, 0.1) is 5.92 Å². The molecule has 132 valence electrons. The molecule has 7 nitrogen and oxygen atoms in total. The number of carbonyl (C=O) groups excluding carboxylic acids is 3. The SMILES string of the molecule is NCC1CN(Cc2ccc3c(c2)CN(C2CCC(=O)NC2=O)C3=O)C1. The van der Waals surface area contributed by atoms with Crippen molar-refractivity contribution in [2.24, 2.45) is 11.7 Å². The van der Waals surface area contributed by atoms with E-state index in [0.29, 0.717) is 24.4 Å². The maximum atomic E-state index is 12.6. The van der Waals surface area contributed by atoms with Crippen LogP contribution in [0.25, 0.3) is 0 Å². The minimum absolute atomic E-state index is 0.122. The molecule has 2 saturated heterocycles. The molecular formula is C18H22N4O3. The summed E-state index contributed by atoms with van der Waals surface area (Å²) in [6.45, 7) is 4.07. The summed E-state index contributed by atoms with van der Waals surface area (Å²) in [6, 6.07) is 5.36. The van der Waals surface area contributed by atoms with E-state index in [1.807, 2.05) is 12.1 Å². The number of nitrogens with two attached hydrogens (primary N) is 1. The maximum absolute atomic E-state index is 12.6. The highest BCUT2D eigenvalue weighted by atomic mass is 16.2. The average Bonchev–Trinajstić information content (AvgIpc) is 2.87. The first-order valence-electron chi connectivity index (χ1n) is 8.74. The number of nitrogens with zero attached hydrogens (tertiary/aromatic N) is 2. The standard InChI is InChI=1S/C18H22N4O3/c19-6-12-8-21(9-12)7-11-1-2-14-13(5-11)10-22(18(14)25)15-3-4-16(23)20-17(15)24/h1-2,5,12,15H,3-4,6-10,19H2,(H,20,23,24). The molecule has 0 spiro atoms. The maximum Gasteiger partial charge on any atom is 0.255 e. The number of piperidine rings is 1. The van der Waals surface area contributed by atoms with Crippen molar-refractivity contribution in [3.05, 3.63) is 34.9 Å². The summed E-state index contributed by atoms with van der Waals surface area (Å²) in [7, 11) is 0. The van der Waals surface area contributed by atoms with Gasteiger partial charge in [0.2, 0.25) is 11.8 Å². The van der Waals surface area contributed by atoms with E-state index in [0.717, 1.165) is 31.7 Å². The number of carbonyl (C=O) groups is 3. The lowest BCUT2D eigenvalue weighted by atomic mass is 9.98. The minimum Gasteiger partial charge on any atom is -0.330 e. The lowest BCUT2D eigenvalue weighted by molar-refractivity contribution is -0.136. The zero-order valence-corrected chi connectivity index (χ0v) is 14.0. The molecule has 1 unspecified atom stereocenters.